The van der Waals surface area contributed by atoms with Crippen molar-refractivity contribution in [2.45, 2.75) is 31.8 Å². The quantitative estimate of drug-likeness (QED) is 0.842. The van der Waals surface area contributed by atoms with Gasteiger partial charge in [-0.25, -0.2) is 0 Å². The van der Waals surface area contributed by atoms with Crippen LogP contribution in [-0.2, 0) is 6.42 Å². The van der Waals surface area contributed by atoms with Gasteiger partial charge in [0.2, 0.25) is 0 Å². The van der Waals surface area contributed by atoms with E-state index >= 15 is 0 Å². The van der Waals surface area contributed by atoms with Gasteiger partial charge >= 0.3 is 0 Å². The van der Waals surface area contributed by atoms with E-state index < -0.39 is 0 Å². The molecule has 0 aromatic heterocycles. The van der Waals surface area contributed by atoms with Gasteiger partial charge in [0.05, 0.1) is 16.1 Å². The van der Waals surface area contributed by atoms with Gasteiger partial charge in [-0.05, 0) is 36.8 Å². The molecule has 82 valence electrons. The molecule has 15 heavy (non-hydrogen) atoms. The number of rotatable bonds is 2. The number of aliphatic hydroxyl groups excluding tert-OH is 1. The zero-order valence-corrected chi connectivity index (χ0v) is 9.93. The van der Waals surface area contributed by atoms with Crippen molar-refractivity contribution in [3.8, 4) is 0 Å². The van der Waals surface area contributed by atoms with Crippen LogP contribution in [0.25, 0.3) is 0 Å². The Morgan fingerprint density at radius 2 is 2.07 bits per heavy atom. The van der Waals surface area contributed by atoms with Crippen LogP contribution < -0.4 is 0 Å². The van der Waals surface area contributed by atoms with Gasteiger partial charge < -0.3 is 5.11 Å². The first-order chi connectivity index (χ1) is 7.18. The second-order valence-corrected chi connectivity index (χ2v) is 4.96. The van der Waals surface area contributed by atoms with Crippen LogP contribution in [0.1, 0.15) is 24.8 Å². The minimum atomic E-state index is -0.167. The average Bonchev–Trinajstić information content (AvgIpc) is 2.60. The van der Waals surface area contributed by atoms with Gasteiger partial charge in [0.1, 0.15) is 0 Å². The first-order valence-corrected chi connectivity index (χ1v) is 6.05. The van der Waals surface area contributed by atoms with Crippen molar-refractivity contribution in [2.75, 3.05) is 0 Å². The minimum absolute atomic E-state index is 0.167. The number of benzene rings is 1. The lowest BCUT2D eigenvalue weighted by atomic mass is 9.96. The number of aliphatic hydroxyl groups is 1. The van der Waals surface area contributed by atoms with Crippen LogP contribution in [0.15, 0.2) is 18.2 Å². The standard InChI is InChI=1S/C12H14Cl2O/c13-10-5-1-4-9(12(10)14)7-8-3-2-6-11(8)15/h1,4-5,8,11,15H,2-3,6-7H2. The largest absolute Gasteiger partial charge is 0.393 e. The molecule has 3 heteroatoms. The summed E-state index contributed by atoms with van der Waals surface area (Å²) in [4.78, 5) is 0. The highest BCUT2D eigenvalue weighted by molar-refractivity contribution is 6.42. The van der Waals surface area contributed by atoms with E-state index in [0.717, 1.165) is 31.2 Å². The second kappa shape index (κ2) is 4.73. The summed E-state index contributed by atoms with van der Waals surface area (Å²) in [5.41, 5.74) is 1.05. The zero-order chi connectivity index (χ0) is 10.8. The SMILES string of the molecule is OC1CCCC1Cc1cccc(Cl)c1Cl. The van der Waals surface area contributed by atoms with E-state index in [1.807, 2.05) is 12.1 Å². The molecule has 0 bridgehead atoms. The molecule has 1 aromatic rings. The highest BCUT2D eigenvalue weighted by atomic mass is 35.5. The Bertz CT molecular complexity index is 351. The Kier molecular flexibility index (Phi) is 3.55. The maximum atomic E-state index is 9.73. The highest BCUT2D eigenvalue weighted by Gasteiger charge is 2.25. The van der Waals surface area contributed by atoms with Crippen LogP contribution in [0.2, 0.25) is 10.0 Å². The smallest absolute Gasteiger partial charge is 0.0624 e. The lowest BCUT2D eigenvalue weighted by molar-refractivity contribution is 0.133. The molecule has 2 unspecified atom stereocenters. The Balaban J connectivity index is 2.13. The molecule has 1 aromatic carbocycles. The van der Waals surface area contributed by atoms with Crippen molar-refractivity contribution < 1.29 is 5.11 Å². The molecule has 0 spiro atoms. The van der Waals surface area contributed by atoms with Gasteiger partial charge in [0.25, 0.3) is 0 Å². The Morgan fingerprint density at radius 3 is 2.73 bits per heavy atom. The molecule has 2 rings (SSSR count). The van der Waals surface area contributed by atoms with Crippen LogP contribution in [0, 0.1) is 5.92 Å². The van der Waals surface area contributed by atoms with Crippen molar-refractivity contribution in [2.24, 2.45) is 5.92 Å². The third-order valence-corrected chi connectivity index (χ3v) is 3.99. The summed E-state index contributed by atoms with van der Waals surface area (Å²) in [5.74, 6) is 0.348. The second-order valence-electron chi connectivity index (χ2n) is 4.18. The Labute approximate surface area is 100 Å². The van der Waals surface area contributed by atoms with E-state index in [9.17, 15) is 5.11 Å². The number of halogens is 2. The van der Waals surface area contributed by atoms with E-state index in [1.54, 1.807) is 6.07 Å². The summed E-state index contributed by atoms with van der Waals surface area (Å²) in [6.07, 6.45) is 3.79. The predicted molar refractivity (Wildman–Crippen MR) is 63.5 cm³/mol. The minimum Gasteiger partial charge on any atom is -0.393 e. The van der Waals surface area contributed by atoms with Gasteiger partial charge in [0, 0.05) is 0 Å². The summed E-state index contributed by atoms with van der Waals surface area (Å²) in [6.45, 7) is 0. The van der Waals surface area contributed by atoms with Crippen molar-refractivity contribution in [3.05, 3.63) is 33.8 Å². The molecule has 1 N–H and O–H groups in total. The Hall–Kier alpha value is -0.240. The van der Waals surface area contributed by atoms with Crippen LogP contribution >= 0.6 is 23.2 Å². The molecule has 1 saturated carbocycles. The molecule has 1 fully saturated rings. The van der Waals surface area contributed by atoms with Crippen molar-refractivity contribution in [3.63, 3.8) is 0 Å². The van der Waals surface area contributed by atoms with Gasteiger partial charge in [-0.2, -0.15) is 0 Å². The van der Waals surface area contributed by atoms with Crippen LogP contribution in [0.5, 0.6) is 0 Å². The van der Waals surface area contributed by atoms with Gasteiger partial charge in [-0.3, -0.25) is 0 Å². The fourth-order valence-corrected chi connectivity index (χ4v) is 2.64. The first kappa shape index (κ1) is 11.3. The first-order valence-electron chi connectivity index (χ1n) is 5.29. The summed E-state index contributed by atoms with van der Waals surface area (Å²) in [5, 5.41) is 11.0. The van der Waals surface area contributed by atoms with Crippen molar-refractivity contribution >= 4 is 23.2 Å². The van der Waals surface area contributed by atoms with Gasteiger partial charge in [-0.15, -0.1) is 0 Å². The van der Waals surface area contributed by atoms with Crippen molar-refractivity contribution in [1.29, 1.82) is 0 Å². The molecule has 0 aliphatic heterocycles. The molecule has 2 atom stereocenters. The molecule has 1 nitrogen and oxygen atoms in total. The fourth-order valence-electron chi connectivity index (χ4n) is 2.24. The molecule has 0 amide bonds. The summed E-state index contributed by atoms with van der Waals surface area (Å²) < 4.78 is 0. The van der Waals surface area contributed by atoms with Gasteiger partial charge in [-0.1, -0.05) is 41.8 Å². The number of hydrogen-bond donors (Lipinski definition) is 1. The van der Waals surface area contributed by atoms with E-state index in [0.29, 0.717) is 16.0 Å². The third-order valence-electron chi connectivity index (χ3n) is 3.13. The summed E-state index contributed by atoms with van der Waals surface area (Å²) in [6, 6.07) is 5.68. The monoisotopic (exact) mass is 244 g/mol. The normalized spacial score (nSPS) is 25.8. The number of hydrogen-bond acceptors (Lipinski definition) is 1. The lowest BCUT2D eigenvalue weighted by Gasteiger charge is -2.15. The van der Waals surface area contributed by atoms with Crippen molar-refractivity contribution in [1.82, 2.24) is 0 Å². The van der Waals surface area contributed by atoms with Crippen LogP contribution in [0.4, 0.5) is 0 Å². The average molecular weight is 245 g/mol. The molecule has 0 radical (unpaired) electrons. The molecular formula is C12H14Cl2O. The Morgan fingerprint density at radius 1 is 1.27 bits per heavy atom. The molecule has 1 aliphatic carbocycles. The molecule has 1 aliphatic rings. The molecular weight excluding hydrogens is 231 g/mol. The van der Waals surface area contributed by atoms with E-state index in [-0.39, 0.29) is 6.10 Å². The van der Waals surface area contributed by atoms with Crippen LogP contribution in [-0.4, -0.2) is 11.2 Å². The van der Waals surface area contributed by atoms with Crippen LogP contribution in [0.3, 0.4) is 0 Å². The van der Waals surface area contributed by atoms with Gasteiger partial charge in [0.15, 0.2) is 0 Å². The van der Waals surface area contributed by atoms with E-state index in [1.165, 1.54) is 0 Å². The molecule has 0 heterocycles. The lowest BCUT2D eigenvalue weighted by Crippen LogP contribution is -2.15. The van der Waals surface area contributed by atoms with E-state index in [2.05, 4.69) is 0 Å². The zero-order valence-electron chi connectivity index (χ0n) is 8.42. The summed E-state index contributed by atoms with van der Waals surface area (Å²) in [7, 11) is 0. The summed E-state index contributed by atoms with van der Waals surface area (Å²) >= 11 is 12.0. The highest BCUT2D eigenvalue weighted by Crippen LogP contribution is 2.33. The van der Waals surface area contributed by atoms with E-state index in [4.69, 9.17) is 23.2 Å². The fraction of sp³-hybridized carbons (Fsp3) is 0.500. The maximum absolute atomic E-state index is 9.73. The third kappa shape index (κ3) is 2.47. The topological polar surface area (TPSA) is 20.2 Å². The maximum Gasteiger partial charge on any atom is 0.0624 e. The molecule has 0 saturated heterocycles. The predicted octanol–water partition coefficient (Wildman–Crippen LogP) is 3.70.